The molecular weight excluding hydrogens is 288 g/mol. The van der Waals surface area contributed by atoms with Crippen molar-refractivity contribution in [2.45, 2.75) is 51.9 Å². The lowest BCUT2D eigenvalue weighted by Crippen LogP contribution is -2.33. The van der Waals surface area contributed by atoms with Crippen molar-refractivity contribution in [1.29, 1.82) is 0 Å². The van der Waals surface area contributed by atoms with E-state index in [9.17, 15) is 9.59 Å². The number of primary amides is 1. The van der Waals surface area contributed by atoms with Crippen LogP contribution in [0.25, 0.3) is 0 Å². The molecule has 4 nitrogen and oxygen atoms in total. The van der Waals surface area contributed by atoms with Crippen LogP contribution in [0.1, 0.15) is 49.7 Å². The van der Waals surface area contributed by atoms with Crippen LogP contribution in [0.3, 0.4) is 0 Å². The van der Waals surface area contributed by atoms with Gasteiger partial charge in [-0.15, -0.1) is 0 Å². The highest BCUT2D eigenvalue weighted by molar-refractivity contribution is 5.77. The molecule has 1 fully saturated rings. The zero-order valence-electron chi connectivity index (χ0n) is 14.0. The fraction of sp³-hybridized carbons (Fsp3) is 0.579. The van der Waals surface area contributed by atoms with Crippen molar-refractivity contribution in [2.75, 3.05) is 6.54 Å². The monoisotopic (exact) mass is 316 g/mol. The number of carbonyl (C=O) groups excluding carboxylic acids is 2. The lowest BCUT2D eigenvalue weighted by molar-refractivity contribution is -0.124. The molecule has 2 rings (SSSR count). The van der Waals surface area contributed by atoms with Crippen molar-refractivity contribution < 1.29 is 9.59 Å². The molecule has 0 radical (unpaired) electrons. The van der Waals surface area contributed by atoms with Gasteiger partial charge in [-0.05, 0) is 56.9 Å². The molecule has 4 heteroatoms. The highest BCUT2D eigenvalue weighted by Gasteiger charge is 2.24. The molecule has 0 aliphatic heterocycles. The lowest BCUT2D eigenvalue weighted by Gasteiger charge is -2.26. The van der Waals surface area contributed by atoms with Crippen molar-refractivity contribution in [2.24, 2.45) is 17.6 Å². The molecule has 1 saturated carbocycles. The highest BCUT2D eigenvalue weighted by atomic mass is 16.2. The Morgan fingerprint density at radius 1 is 1.13 bits per heavy atom. The van der Waals surface area contributed by atoms with Gasteiger partial charge in [0.1, 0.15) is 0 Å². The number of hydrogen-bond donors (Lipinski definition) is 2. The third-order valence-corrected chi connectivity index (χ3v) is 4.83. The average Bonchev–Trinajstić information content (AvgIpc) is 2.55. The summed E-state index contributed by atoms with van der Waals surface area (Å²) in [6.45, 7) is 2.81. The normalized spacial score (nSPS) is 20.9. The fourth-order valence-corrected chi connectivity index (χ4v) is 3.21. The van der Waals surface area contributed by atoms with Crippen LogP contribution in [0.4, 0.5) is 0 Å². The molecule has 2 amide bonds. The molecule has 0 heterocycles. The Labute approximate surface area is 138 Å². The van der Waals surface area contributed by atoms with Gasteiger partial charge in [-0.25, -0.2) is 0 Å². The Morgan fingerprint density at radius 2 is 1.78 bits per heavy atom. The second kappa shape index (κ2) is 8.70. The highest BCUT2D eigenvalue weighted by Crippen LogP contribution is 2.28. The van der Waals surface area contributed by atoms with Crippen molar-refractivity contribution in [3.8, 4) is 0 Å². The van der Waals surface area contributed by atoms with E-state index in [4.69, 9.17) is 5.73 Å². The molecule has 1 aliphatic rings. The minimum absolute atomic E-state index is 0.0384. The summed E-state index contributed by atoms with van der Waals surface area (Å²) in [7, 11) is 0. The van der Waals surface area contributed by atoms with Gasteiger partial charge in [-0.1, -0.05) is 29.8 Å². The largest absolute Gasteiger partial charge is 0.369 e. The molecule has 23 heavy (non-hydrogen) atoms. The van der Waals surface area contributed by atoms with Gasteiger partial charge in [-0.2, -0.15) is 0 Å². The maximum atomic E-state index is 11.9. The molecular formula is C19H28N2O2. The first kappa shape index (κ1) is 17.5. The smallest absolute Gasteiger partial charge is 0.220 e. The summed E-state index contributed by atoms with van der Waals surface area (Å²) in [5.41, 5.74) is 7.88. The van der Waals surface area contributed by atoms with Crippen molar-refractivity contribution in [1.82, 2.24) is 5.32 Å². The van der Waals surface area contributed by atoms with Crippen LogP contribution < -0.4 is 11.1 Å². The minimum atomic E-state index is -0.177. The Bertz CT molecular complexity index is 517. The molecule has 1 aromatic carbocycles. The summed E-state index contributed by atoms with van der Waals surface area (Å²) < 4.78 is 0. The number of benzene rings is 1. The Morgan fingerprint density at radius 3 is 2.39 bits per heavy atom. The summed E-state index contributed by atoms with van der Waals surface area (Å²) in [5.74, 6) is 0.487. The quantitative estimate of drug-likeness (QED) is 0.812. The van der Waals surface area contributed by atoms with Crippen molar-refractivity contribution in [3.05, 3.63) is 35.4 Å². The molecule has 126 valence electrons. The van der Waals surface area contributed by atoms with Crippen LogP contribution in [-0.4, -0.2) is 18.4 Å². The molecule has 0 unspecified atom stereocenters. The molecule has 1 aliphatic carbocycles. The van der Waals surface area contributed by atoms with Gasteiger partial charge < -0.3 is 11.1 Å². The van der Waals surface area contributed by atoms with E-state index in [0.717, 1.165) is 45.1 Å². The number of carbonyl (C=O) groups is 2. The van der Waals surface area contributed by atoms with Crippen LogP contribution in [0.2, 0.25) is 0 Å². The number of hydrogen-bond acceptors (Lipinski definition) is 2. The number of rotatable bonds is 7. The number of nitrogens with one attached hydrogen (secondary N) is 1. The van der Waals surface area contributed by atoms with Gasteiger partial charge in [0.2, 0.25) is 11.8 Å². The Hall–Kier alpha value is -1.84. The van der Waals surface area contributed by atoms with E-state index in [-0.39, 0.29) is 17.7 Å². The average molecular weight is 316 g/mol. The molecule has 0 saturated heterocycles. The van der Waals surface area contributed by atoms with E-state index in [1.807, 2.05) is 0 Å². The van der Waals surface area contributed by atoms with Gasteiger partial charge in [0.25, 0.3) is 0 Å². The van der Waals surface area contributed by atoms with E-state index < -0.39 is 0 Å². The first-order chi connectivity index (χ1) is 11.0. The summed E-state index contributed by atoms with van der Waals surface area (Å²) in [4.78, 5) is 23.1. The maximum absolute atomic E-state index is 11.9. The van der Waals surface area contributed by atoms with E-state index in [2.05, 4.69) is 36.5 Å². The molecule has 0 bridgehead atoms. The van der Waals surface area contributed by atoms with Crippen molar-refractivity contribution in [3.63, 3.8) is 0 Å². The summed E-state index contributed by atoms with van der Waals surface area (Å²) >= 11 is 0. The third kappa shape index (κ3) is 6.05. The molecule has 0 spiro atoms. The minimum Gasteiger partial charge on any atom is -0.369 e. The second-order valence-electron chi connectivity index (χ2n) is 6.76. The Kier molecular flexibility index (Phi) is 6.63. The number of nitrogens with two attached hydrogens (primary N) is 1. The molecule has 0 aromatic heterocycles. The Balaban J connectivity index is 1.58. The van der Waals surface area contributed by atoms with Gasteiger partial charge in [-0.3, -0.25) is 9.59 Å². The number of amides is 2. The van der Waals surface area contributed by atoms with E-state index in [0.29, 0.717) is 12.3 Å². The predicted octanol–water partition coefficient (Wildman–Crippen LogP) is 2.73. The van der Waals surface area contributed by atoms with E-state index in [1.54, 1.807) is 0 Å². The van der Waals surface area contributed by atoms with Gasteiger partial charge in [0.05, 0.1) is 0 Å². The third-order valence-electron chi connectivity index (χ3n) is 4.83. The SMILES string of the molecule is Cc1ccc(CCCC(=O)NCC2CCC(C(N)=O)CC2)cc1. The summed E-state index contributed by atoms with van der Waals surface area (Å²) in [6.07, 6.45) is 6.09. The van der Waals surface area contributed by atoms with Crippen LogP contribution >= 0.6 is 0 Å². The van der Waals surface area contributed by atoms with Gasteiger partial charge in [0.15, 0.2) is 0 Å². The van der Waals surface area contributed by atoms with Crippen LogP contribution in [0.5, 0.6) is 0 Å². The van der Waals surface area contributed by atoms with Crippen LogP contribution in [0, 0.1) is 18.8 Å². The topological polar surface area (TPSA) is 72.2 Å². The van der Waals surface area contributed by atoms with Crippen molar-refractivity contribution >= 4 is 11.8 Å². The lowest BCUT2D eigenvalue weighted by atomic mass is 9.81. The fourth-order valence-electron chi connectivity index (χ4n) is 3.21. The standard InChI is InChI=1S/C19H28N2O2/c1-14-5-7-15(8-6-14)3-2-4-18(22)21-13-16-9-11-17(12-10-16)19(20)23/h5-8,16-17H,2-4,9-13H2,1H3,(H2,20,23)(H,21,22). The summed E-state index contributed by atoms with van der Waals surface area (Å²) in [6, 6.07) is 8.48. The molecule has 0 atom stereocenters. The molecule has 1 aromatic rings. The molecule has 3 N–H and O–H groups in total. The first-order valence-corrected chi connectivity index (χ1v) is 8.66. The zero-order valence-corrected chi connectivity index (χ0v) is 14.0. The summed E-state index contributed by atoms with van der Waals surface area (Å²) in [5, 5.41) is 3.04. The van der Waals surface area contributed by atoms with Crippen LogP contribution in [-0.2, 0) is 16.0 Å². The number of aryl methyl sites for hydroxylation is 2. The maximum Gasteiger partial charge on any atom is 0.220 e. The first-order valence-electron chi connectivity index (χ1n) is 8.66. The van der Waals surface area contributed by atoms with Crippen LogP contribution in [0.15, 0.2) is 24.3 Å². The van der Waals surface area contributed by atoms with Gasteiger partial charge in [0, 0.05) is 18.9 Å². The van der Waals surface area contributed by atoms with E-state index in [1.165, 1.54) is 11.1 Å². The predicted molar refractivity (Wildman–Crippen MR) is 91.8 cm³/mol. The van der Waals surface area contributed by atoms with E-state index >= 15 is 0 Å². The zero-order chi connectivity index (χ0) is 16.7. The second-order valence-corrected chi connectivity index (χ2v) is 6.76. The van der Waals surface area contributed by atoms with Gasteiger partial charge >= 0.3 is 0 Å².